The molecule has 1 aliphatic heterocycles. The van der Waals surface area contributed by atoms with Crippen molar-refractivity contribution in [2.24, 2.45) is 5.92 Å². The Bertz CT molecular complexity index is 693. The van der Waals surface area contributed by atoms with Crippen molar-refractivity contribution in [2.45, 2.75) is 19.3 Å². The first kappa shape index (κ1) is 17.5. The Morgan fingerprint density at radius 3 is 2.72 bits per heavy atom. The fourth-order valence-electron chi connectivity index (χ4n) is 3.13. The predicted molar refractivity (Wildman–Crippen MR) is 92.6 cm³/mol. The van der Waals surface area contributed by atoms with E-state index in [9.17, 15) is 13.9 Å². The van der Waals surface area contributed by atoms with Crippen LogP contribution in [0.5, 0.6) is 0 Å². The number of halogens is 2. The number of aliphatic hydroxyl groups excluding tert-OH is 1. The molecule has 0 aliphatic carbocycles. The lowest BCUT2D eigenvalue weighted by Gasteiger charge is -2.32. The SMILES string of the molecule is OC[C@@H]1CCCN(c2cc(NCCc3cc(F)cc(F)c3)ncn2)C1. The van der Waals surface area contributed by atoms with Crippen molar-refractivity contribution >= 4 is 11.6 Å². The fourth-order valence-corrected chi connectivity index (χ4v) is 3.13. The number of rotatable bonds is 6. The van der Waals surface area contributed by atoms with E-state index < -0.39 is 11.6 Å². The Morgan fingerprint density at radius 1 is 1.16 bits per heavy atom. The van der Waals surface area contributed by atoms with Crippen LogP contribution in [0.3, 0.4) is 0 Å². The maximum absolute atomic E-state index is 13.2. The normalized spacial score (nSPS) is 17.6. The summed E-state index contributed by atoms with van der Waals surface area (Å²) in [6.45, 7) is 2.40. The highest BCUT2D eigenvalue weighted by Crippen LogP contribution is 2.22. The number of benzene rings is 1. The number of hydrogen-bond acceptors (Lipinski definition) is 5. The first-order valence-corrected chi connectivity index (χ1v) is 8.51. The van der Waals surface area contributed by atoms with Crippen LogP contribution in [-0.4, -0.2) is 41.3 Å². The largest absolute Gasteiger partial charge is 0.396 e. The highest BCUT2D eigenvalue weighted by molar-refractivity contribution is 5.48. The molecule has 0 saturated carbocycles. The molecule has 2 heterocycles. The number of aromatic nitrogens is 2. The van der Waals surface area contributed by atoms with Gasteiger partial charge in [-0.1, -0.05) is 0 Å². The van der Waals surface area contributed by atoms with E-state index in [1.54, 1.807) is 0 Å². The van der Waals surface area contributed by atoms with Crippen molar-refractivity contribution in [3.63, 3.8) is 0 Å². The minimum absolute atomic E-state index is 0.191. The van der Waals surface area contributed by atoms with Gasteiger partial charge in [-0.2, -0.15) is 0 Å². The second-order valence-corrected chi connectivity index (χ2v) is 6.35. The zero-order valence-corrected chi connectivity index (χ0v) is 14.0. The summed E-state index contributed by atoms with van der Waals surface area (Å²) >= 11 is 0. The molecule has 7 heteroatoms. The van der Waals surface area contributed by atoms with Crippen LogP contribution in [0.4, 0.5) is 20.4 Å². The molecular formula is C18H22F2N4O. The second kappa shape index (κ2) is 8.20. The molecular weight excluding hydrogens is 326 g/mol. The topological polar surface area (TPSA) is 61.3 Å². The molecule has 2 N–H and O–H groups in total. The monoisotopic (exact) mass is 348 g/mol. The summed E-state index contributed by atoms with van der Waals surface area (Å²) in [4.78, 5) is 10.7. The van der Waals surface area contributed by atoms with E-state index >= 15 is 0 Å². The molecule has 0 spiro atoms. The highest BCUT2D eigenvalue weighted by atomic mass is 19.1. The average Bonchev–Trinajstić information content (AvgIpc) is 2.61. The average molecular weight is 348 g/mol. The number of aliphatic hydroxyl groups is 1. The van der Waals surface area contributed by atoms with Crippen molar-refractivity contribution in [3.8, 4) is 0 Å². The van der Waals surface area contributed by atoms with Gasteiger partial charge in [0.25, 0.3) is 0 Å². The molecule has 25 heavy (non-hydrogen) atoms. The van der Waals surface area contributed by atoms with Gasteiger partial charge in [-0.25, -0.2) is 18.7 Å². The number of anilines is 2. The molecule has 0 amide bonds. The zero-order valence-electron chi connectivity index (χ0n) is 14.0. The van der Waals surface area contributed by atoms with Crippen LogP contribution in [0.1, 0.15) is 18.4 Å². The summed E-state index contributed by atoms with van der Waals surface area (Å²) in [7, 11) is 0. The van der Waals surface area contributed by atoms with Gasteiger partial charge >= 0.3 is 0 Å². The molecule has 5 nitrogen and oxygen atoms in total. The minimum Gasteiger partial charge on any atom is -0.396 e. The molecule has 0 bridgehead atoms. The van der Waals surface area contributed by atoms with E-state index in [1.165, 1.54) is 18.5 Å². The predicted octanol–water partition coefficient (Wildman–Crippen LogP) is 2.62. The molecule has 1 aromatic carbocycles. The van der Waals surface area contributed by atoms with Crippen LogP contribution in [0.25, 0.3) is 0 Å². The van der Waals surface area contributed by atoms with Gasteiger partial charge in [0.05, 0.1) is 0 Å². The third-order valence-electron chi connectivity index (χ3n) is 4.40. The molecule has 1 saturated heterocycles. The van der Waals surface area contributed by atoms with E-state index in [-0.39, 0.29) is 12.5 Å². The third kappa shape index (κ3) is 4.85. The molecule has 0 radical (unpaired) electrons. The van der Waals surface area contributed by atoms with Crippen molar-refractivity contribution in [1.82, 2.24) is 9.97 Å². The Hall–Kier alpha value is -2.28. The van der Waals surface area contributed by atoms with Crippen molar-refractivity contribution in [1.29, 1.82) is 0 Å². The number of piperidine rings is 1. The minimum atomic E-state index is -0.567. The Morgan fingerprint density at radius 2 is 1.96 bits per heavy atom. The van der Waals surface area contributed by atoms with Crippen LogP contribution in [0.2, 0.25) is 0 Å². The molecule has 1 fully saturated rings. The number of nitrogens with one attached hydrogen (secondary N) is 1. The Labute approximate surface area is 145 Å². The summed E-state index contributed by atoms with van der Waals surface area (Å²) in [5.74, 6) is 0.647. The van der Waals surface area contributed by atoms with Gasteiger partial charge in [0.15, 0.2) is 0 Å². The summed E-state index contributed by atoms with van der Waals surface area (Å²) < 4.78 is 26.4. The quantitative estimate of drug-likeness (QED) is 0.840. The van der Waals surface area contributed by atoms with Gasteiger partial charge in [-0.15, -0.1) is 0 Å². The van der Waals surface area contributed by atoms with Crippen molar-refractivity contribution < 1.29 is 13.9 Å². The number of nitrogens with zero attached hydrogens (tertiary/aromatic N) is 3. The van der Waals surface area contributed by atoms with Crippen LogP contribution < -0.4 is 10.2 Å². The summed E-state index contributed by atoms with van der Waals surface area (Å²) in [6, 6.07) is 5.40. The van der Waals surface area contributed by atoms with Crippen LogP contribution in [0, 0.1) is 17.6 Å². The summed E-state index contributed by atoms with van der Waals surface area (Å²) in [5, 5.41) is 12.5. The molecule has 1 aliphatic rings. The molecule has 134 valence electrons. The first-order chi connectivity index (χ1) is 12.1. The lowest BCUT2D eigenvalue weighted by Crippen LogP contribution is -2.37. The van der Waals surface area contributed by atoms with E-state index in [0.29, 0.717) is 24.3 Å². The van der Waals surface area contributed by atoms with Gasteiger partial charge in [0.1, 0.15) is 29.6 Å². The molecule has 1 atom stereocenters. The van der Waals surface area contributed by atoms with E-state index in [4.69, 9.17) is 0 Å². The van der Waals surface area contributed by atoms with Gasteiger partial charge in [0.2, 0.25) is 0 Å². The highest BCUT2D eigenvalue weighted by Gasteiger charge is 2.20. The van der Waals surface area contributed by atoms with Gasteiger partial charge < -0.3 is 15.3 Å². The van der Waals surface area contributed by atoms with Gasteiger partial charge in [0, 0.05) is 38.4 Å². The zero-order chi connectivity index (χ0) is 17.6. The Kier molecular flexibility index (Phi) is 5.75. The van der Waals surface area contributed by atoms with Crippen molar-refractivity contribution in [2.75, 3.05) is 36.5 Å². The lowest BCUT2D eigenvalue weighted by molar-refractivity contribution is 0.208. The second-order valence-electron chi connectivity index (χ2n) is 6.35. The molecule has 2 aromatic rings. The van der Waals surface area contributed by atoms with Gasteiger partial charge in [-0.05, 0) is 42.9 Å². The maximum Gasteiger partial charge on any atom is 0.134 e. The maximum atomic E-state index is 13.2. The summed E-state index contributed by atoms with van der Waals surface area (Å²) in [6.07, 6.45) is 4.06. The van der Waals surface area contributed by atoms with E-state index in [0.717, 1.165) is 37.8 Å². The van der Waals surface area contributed by atoms with Crippen molar-refractivity contribution in [3.05, 3.63) is 47.8 Å². The summed E-state index contributed by atoms with van der Waals surface area (Å²) in [5.41, 5.74) is 0.598. The molecule has 3 rings (SSSR count). The smallest absolute Gasteiger partial charge is 0.134 e. The van der Waals surface area contributed by atoms with E-state index in [1.807, 2.05) is 6.07 Å². The molecule has 1 aromatic heterocycles. The van der Waals surface area contributed by atoms with Gasteiger partial charge in [-0.3, -0.25) is 0 Å². The molecule has 0 unspecified atom stereocenters. The third-order valence-corrected chi connectivity index (χ3v) is 4.40. The Balaban J connectivity index is 1.58. The van der Waals surface area contributed by atoms with Crippen LogP contribution in [0.15, 0.2) is 30.6 Å². The van der Waals surface area contributed by atoms with E-state index in [2.05, 4.69) is 20.2 Å². The fraction of sp³-hybridized carbons (Fsp3) is 0.444. The first-order valence-electron chi connectivity index (χ1n) is 8.51. The number of hydrogen-bond donors (Lipinski definition) is 2. The lowest BCUT2D eigenvalue weighted by atomic mass is 9.99. The van der Waals surface area contributed by atoms with Crippen LogP contribution in [-0.2, 0) is 6.42 Å². The standard InChI is InChI=1S/C18H22F2N4O/c19-15-6-13(7-16(20)8-15)3-4-21-17-9-18(23-12-22-17)24-5-1-2-14(10-24)11-25/h6-9,12,14,25H,1-5,10-11H2,(H,21,22,23)/t14-/m1/s1. The van der Waals surface area contributed by atoms with Crippen LogP contribution >= 0.6 is 0 Å².